The van der Waals surface area contributed by atoms with Crippen molar-refractivity contribution in [3.05, 3.63) is 23.7 Å². The molecule has 0 saturated carbocycles. The molecular weight excluding hydrogens is 214 g/mol. The highest BCUT2D eigenvalue weighted by molar-refractivity contribution is 5.06. The Labute approximate surface area is 105 Å². The lowest BCUT2D eigenvalue weighted by molar-refractivity contribution is 0.0400. The predicted molar refractivity (Wildman–Crippen MR) is 69.8 cm³/mol. The van der Waals surface area contributed by atoms with Gasteiger partial charge < -0.3 is 14.5 Å². The summed E-state index contributed by atoms with van der Waals surface area (Å²) in [4.78, 5) is 0. The Balaban J connectivity index is 2.27. The van der Waals surface area contributed by atoms with Gasteiger partial charge in [-0.15, -0.1) is 0 Å². The van der Waals surface area contributed by atoms with Crippen LogP contribution in [0.4, 0.5) is 0 Å². The summed E-state index contributed by atoms with van der Waals surface area (Å²) >= 11 is 0. The molecule has 1 aromatic heterocycles. The molecule has 1 N–H and O–H groups in total. The number of nitrogens with one attached hydrogen (secondary N) is 1. The van der Waals surface area contributed by atoms with Gasteiger partial charge in [0.25, 0.3) is 0 Å². The van der Waals surface area contributed by atoms with Crippen molar-refractivity contribution in [1.82, 2.24) is 5.32 Å². The first-order valence-corrected chi connectivity index (χ1v) is 6.51. The van der Waals surface area contributed by atoms with Crippen molar-refractivity contribution in [3.63, 3.8) is 0 Å². The summed E-state index contributed by atoms with van der Waals surface area (Å²) in [5.74, 6) is 2.55. The summed E-state index contributed by atoms with van der Waals surface area (Å²) in [5, 5.41) is 3.36. The standard InChI is InChI=1S/C14H25NO2/c1-5-12(4)16-10-14-7-6-13(17-14)9-15-8-11(2)3/h6-7,11-12,15H,5,8-10H2,1-4H3. The summed E-state index contributed by atoms with van der Waals surface area (Å²) in [6, 6.07) is 4.01. The molecule has 3 nitrogen and oxygen atoms in total. The fraction of sp³-hybridized carbons (Fsp3) is 0.714. The van der Waals surface area contributed by atoms with Gasteiger partial charge in [0.05, 0.1) is 12.6 Å². The zero-order chi connectivity index (χ0) is 12.7. The van der Waals surface area contributed by atoms with E-state index in [-0.39, 0.29) is 0 Å². The van der Waals surface area contributed by atoms with Gasteiger partial charge in [0.15, 0.2) is 0 Å². The molecule has 0 spiro atoms. The molecule has 1 aromatic rings. The van der Waals surface area contributed by atoms with E-state index in [1.807, 2.05) is 12.1 Å². The Morgan fingerprint density at radius 1 is 1.24 bits per heavy atom. The molecule has 0 bridgehead atoms. The molecule has 17 heavy (non-hydrogen) atoms. The topological polar surface area (TPSA) is 34.4 Å². The Kier molecular flexibility index (Phi) is 6.30. The lowest BCUT2D eigenvalue weighted by atomic mass is 10.2. The highest BCUT2D eigenvalue weighted by atomic mass is 16.5. The smallest absolute Gasteiger partial charge is 0.129 e. The van der Waals surface area contributed by atoms with Gasteiger partial charge in [-0.3, -0.25) is 0 Å². The molecule has 0 aliphatic heterocycles. The van der Waals surface area contributed by atoms with E-state index in [2.05, 4.69) is 33.0 Å². The predicted octanol–water partition coefficient (Wildman–Crippen LogP) is 3.34. The van der Waals surface area contributed by atoms with Crippen LogP contribution in [0.25, 0.3) is 0 Å². The summed E-state index contributed by atoms with van der Waals surface area (Å²) in [6.07, 6.45) is 1.33. The van der Waals surface area contributed by atoms with Gasteiger partial charge in [0, 0.05) is 0 Å². The van der Waals surface area contributed by atoms with Gasteiger partial charge in [-0.05, 0) is 37.9 Å². The zero-order valence-corrected chi connectivity index (χ0v) is 11.5. The zero-order valence-electron chi connectivity index (χ0n) is 11.5. The van der Waals surface area contributed by atoms with Gasteiger partial charge in [0.1, 0.15) is 18.1 Å². The van der Waals surface area contributed by atoms with Crippen LogP contribution < -0.4 is 5.32 Å². The van der Waals surface area contributed by atoms with Crippen molar-refractivity contribution in [1.29, 1.82) is 0 Å². The molecule has 0 fully saturated rings. The van der Waals surface area contributed by atoms with Gasteiger partial charge >= 0.3 is 0 Å². The lowest BCUT2D eigenvalue weighted by Gasteiger charge is -2.08. The second-order valence-corrected chi connectivity index (χ2v) is 4.92. The molecule has 0 radical (unpaired) electrons. The first-order valence-electron chi connectivity index (χ1n) is 6.51. The maximum absolute atomic E-state index is 5.67. The number of ether oxygens (including phenoxy) is 1. The second-order valence-electron chi connectivity index (χ2n) is 4.92. The van der Waals surface area contributed by atoms with Crippen LogP contribution in [0.15, 0.2) is 16.5 Å². The van der Waals surface area contributed by atoms with E-state index in [0.717, 1.165) is 31.0 Å². The van der Waals surface area contributed by atoms with Crippen molar-refractivity contribution in [2.75, 3.05) is 6.54 Å². The Morgan fingerprint density at radius 3 is 2.59 bits per heavy atom. The molecule has 1 unspecified atom stereocenters. The van der Waals surface area contributed by atoms with Gasteiger partial charge in [-0.1, -0.05) is 20.8 Å². The fourth-order valence-electron chi connectivity index (χ4n) is 1.42. The normalized spacial score (nSPS) is 13.2. The van der Waals surface area contributed by atoms with Crippen molar-refractivity contribution in [3.8, 4) is 0 Å². The lowest BCUT2D eigenvalue weighted by Crippen LogP contribution is -2.18. The van der Waals surface area contributed by atoms with E-state index in [1.165, 1.54) is 0 Å². The summed E-state index contributed by atoms with van der Waals surface area (Å²) in [5.41, 5.74) is 0. The van der Waals surface area contributed by atoms with E-state index in [9.17, 15) is 0 Å². The molecular formula is C14H25NO2. The Bertz CT molecular complexity index is 307. The van der Waals surface area contributed by atoms with Gasteiger partial charge in [-0.2, -0.15) is 0 Å². The fourth-order valence-corrected chi connectivity index (χ4v) is 1.42. The number of hydrogen-bond acceptors (Lipinski definition) is 3. The average Bonchev–Trinajstić information content (AvgIpc) is 2.73. The van der Waals surface area contributed by atoms with Gasteiger partial charge in [0.2, 0.25) is 0 Å². The molecule has 0 saturated heterocycles. The van der Waals surface area contributed by atoms with Crippen molar-refractivity contribution < 1.29 is 9.15 Å². The summed E-state index contributed by atoms with van der Waals surface area (Å²) < 4.78 is 11.3. The third-order valence-corrected chi connectivity index (χ3v) is 2.65. The van der Waals surface area contributed by atoms with Crippen molar-refractivity contribution in [2.45, 2.75) is 53.4 Å². The minimum atomic E-state index is 0.294. The van der Waals surface area contributed by atoms with Crippen LogP contribution in [0, 0.1) is 5.92 Å². The highest BCUT2D eigenvalue weighted by Crippen LogP contribution is 2.10. The Hall–Kier alpha value is -0.800. The minimum Gasteiger partial charge on any atom is -0.462 e. The van der Waals surface area contributed by atoms with Crippen molar-refractivity contribution in [2.24, 2.45) is 5.92 Å². The third-order valence-electron chi connectivity index (χ3n) is 2.65. The number of furan rings is 1. The van der Waals surface area contributed by atoms with Crippen LogP contribution in [0.5, 0.6) is 0 Å². The van der Waals surface area contributed by atoms with Crippen molar-refractivity contribution >= 4 is 0 Å². The first kappa shape index (κ1) is 14.3. The maximum atomic E-state index is 5.67. The molecule has 1 heterocycles. The van der Waals surface area contributed by atoms with Crippen LogP contribution in [-0.2, 0) is 17.9 Å². The molecule has 0 aliphatic carbocycles. The highest BCUT2D eigenvalue weighted by Gasteiger charge is 2.04. The quantitative estimate of drug-likeness (QED) is 0.755. The SMILES string of the molecule is CCC(C)OCc1ccc(CNCC(C)C)o1. The average molecular weight is 239 g/mol. The maximum Gasteiger partial charge on any atom is 0.129 e. The largest absolute Gasteiger partial charge is 0.462 e. The minimum absolute atomic E-state index is 0.294. The molecule has 1 rings (SSSR count). The van der Waals surface area contributed by atoms with Crippen LogP contribution >= 0.6 is 0 Å². The third kappa shape index (κ3) is 5.89. The van der Waals surface area contributed by atoms with E-state index in [1.54, 1.807) is 0 Å². The molecule has 3 heteroatoms. The van der Waals surface area contributed by atoms with Crippen LogP contribution in [-0.4, -0.2) is 12.6 Å². The first-order chi connectivity index (χ1) is 8.11. The van der Waals surface area contributed by atoms with E-state index in [0.29, 0.717) is 18.6 Å². The van der Waals surface area contributed by atoms with Crippen LogP contribution in [0.2, 0.25) is 0 Å². The summed E-state index contributed by atoms with van der Waals surface area (Å²) in [6.45, 7) is 11.0. The summed E-state index contributed by atoms with van der Waals surface area (Å²) in [7, 11) is 0. The van der Waals surface area contributed by atoms with Crippen LogP contribution in [0.1, 0.15) is 45.6 Å². The Morgan fingerprint density at radius 2 is 1.94 bits per heavy atom. The molecule has 0 aliphatic rings. The van der Waals surface area contributed by atoms with Crippen LogP contribution in [0.3, 0.4) is 0 Å². The number of hydrogen-bond donors (Lipinski definition) is 1. The van der Waals surface area contributed by atoms with Gasteiger partial charge in [-0.25, -0.2) is 0 Å². The molecule has 0 amide bonds. The molecule has 98 valence electrons. The van der Waals surface area contributed by atoms with E-state index < -0.39 is 0 Å². The monoisotopic (exact) mass is 239 g/mol. The molecule has 1 atom stereocenters. The number of rotatable bonds is 8. The molecule has 0 aromatic carbocycles. The van der Waals surface area contributed by atoms with E-state index in [4.69, 9.17) is 9.15 Å². The second kappa shape index (κ2) is 7.51. The van der Waals surface area contributed by atoms with E-state index >= 15 is 0 Å².